The number of rotatable bonds is 5. The minimum atomic E-state index is -1.53. The highest BCUT2D eigenvalue weighted by Crippen LogP contribution is 2.41. The van der Waals surface area contributed by atoms with Crippen molar-refractivity contribution in [3.05, 3.63) is 128 Å². The van der Waals surface area contributed by atoms with Crippen LogP contribution in [0.3, 0.4) is 0 Å². The Morgan fingerprint density at radius 3 is 1.90 bits per heavy atom. The van der Waals surface area contributed by atoms with E-state index in [1.165, 1.54) is 5.19 Å². The van der Waals surface area contributed by atoms with E-state index in [1.807, 2.05) is 6.26 Å². The average molecular weight is 535 g/mol. The van der Waals surface area contributed by atoms with Gasteiger partial charge < -0.3 is 4.42 Å². The maximum Gasteiger partial charge on any atom is 0.149 e. The van der Waals surface area contributed by atoms with Gasteiger partial charge in [-0.3, -0.25) is 4.57 Å². The van der Waals surface area contributed by atoms with Crippen LogP contribution in [-0.4, -0.2) is 17.6 Å². The first kappa shape index (κ1) is 24.4. The molecule has 0 aliphatic heterocycles. The maximum atomic E-state index is 6.15. The van der Waals surface area contributed by atoms with E-state index in [1.54, 1.807) is 0 Å². The first-order chi connectivity index (χ1) is 19.5. The predicted octanol–water partition coefficient (Wildman–Crippen LogP) is 9.32. The van der Waals surface area contributed by atoms with Crippen LogP contribution >= 0.6 is 0 Å². The fourth-order valence-electron chi connectivity index (χ4n) is 5.59. The molecule has 0 radical (unpaired) electrons. The third-order valence-corrected chi connectivity index (χ3v) is 9.71. The third kappa shape index (κ3) is 4.09. The molecular weight excluding hydrogens is 504 g/mol. The summed E-state index contributed by atoms with van der Waals surface area (Å²) in [4.78, 5) is 5.26. The van der Waals surface area contributed by atoms with E-state index in [0.29, 0.717) is 0 Å². The first-order valence-corrected chi connectivity index (χ1v) is 17.2. The number of aromatic nitrogens is 2. The normalized spacial score (nSPS) is 11.9. The molecule has 5 aromatic carbocycles. The number of para-hydroxylation sites is 3. The standard InChI is InChI=1S/C36H30N2OSi/c1-40(2,3)27-21-22-34-30(23-27)31(24-39-34)36-37-32-19-10-11-20-33(32)38(36)35-28(25-13-6-4-7-14-25)17-12-18-29(35)26-15-8-5-9-16-26/h4-24H,1-3H3. The Labute approximate surface area is 235 Å². The summed E-state index contributed by atoms with van der Waals surface area (Å²) >= 11 is 0. The second kappa shape index (κ2) is 9.51. The van der Waals surface area contributed by atoms with E-state index >= 15 is 0 Å². The fraction of sp³-hybridized carbons (Fsp3) is 0.0833. The molecule has 0 bridgehead atoms. The van der Waals surface area contributed by atoms with Gasteiger partial charge in [-0.25, -0.2) is 4.98 Å². The molecule has 194 valence electrons. The average Bonchev–Trinajstić information content (AvgIpc) is 3.58. The van der Waals surface area contributed by atoms with Crippen molar-refractivity contribution in [1.29, 1.82) is 0 Å². The molecule has 0 N–H and O–H groups in total. The van der Waals surface area contributed by atoms with Crippen molar-refractivity contribution < 1.29 is 4.42 Å². The Morgan fingerprint density at radius 1 is 0.625 bits per heavy atom. The lowest BCUT2D eigenvalue weighted by molar-refractivity contribution is 0.616. The zero-order chi connectivity index (χ0) is 27.3. The molecule has 0 saturated carbocycles. The highest BCUT2D eigenvalue weighted by Gasteiger charge is 2.24. The van der Waals surface area contributed by atoms with E-state index < -0.39 is 8.07 Å². The van der Waals surface area contributed by atoms with E-state index in [-0.39, 0.29) is 0 Å². The van der Waals surface area contributed by atoms with Crippen LogP contribution in [0.1, 0.15) is 0 Å². The molecule has 4 heteroatoms. The van der Waals surface area contributed by atoms with Gasteiger partial charge in [-0.05, 0) is 29.3 Å². The molecule has 0 spiro atoms. The lowest BCUT2D eigenvalue weighted by atomic mass is 9.95. The van der Waals surface area contributed by atoms with E-state index in [0.717, 1.165) is 61.3 Å². The largest absolute Gasteiger partial charge is 0.464 e. The van der Waals surface area contributed by atoms with Gasteiger partial charge in [0.25, 0.3) is 0 Å². The Kier molecular flexibility index (Phi) is 5.79. The van der Waals surface area contributed by atoms with Crippen LogP contribution in [0.2, 0.25) is 19.6 Å². The van der Waals surface area contributed by atoms with E-state index in [2.05, 4.69) is 146 Å². The molecule has 40 heavy (non-hydrogen) atoms. The SMILES string of the molecule is C[Si](C)(C)c1ccc2occ(-c3nc4ccccc4n3-c3c(-c4ccccc4)cccc3-c3ccccc3)c2c1. The molecule has 2 aromatic heterocycles. The Morgan fingerprint density at radius 2 is 1.25 bits per heavy atom. The Bertz CT molecular complexity index is 1920. The monoisotopic (exact) mass is 534 g/mol. The van der Waals surface area contributed by atoms with Crippen LogP contribution in [0.5, 0.6) is 0 Å². The summed E-state index contributed by atoms with van der Waals surface area (Å²) in [7, 11) is -1.53. The molecule has 3 nitrogen and oxygen atoms in total. The molecule has 0 fully saturated rings. The smallest absolute Gasteiger partial charge is 0.149 e. The summed E-state index contributed by atoms with van der Waals surface area (Å²) in [6.45, 7) is 7.14. The molecule has 7 rings (SSSR count). The van der Waals surface area contributed by atoms with Crippen molar-refractivity contribution >= 4 is 35.3 Å². The number of furan rings is 1. The number of hydrogen-bond donors (Lipinski definition) is 0. The second-order valence-electron chi connectivity index (χ2n) is 11.3. The molecule has 2 heterocycles. The maximum absolute atomic E-state index is 6.15. The molecule has 0 aliphatic rings. The summed E-state index contributed by atoms with van der Waals surface area (Å²) in [5, 5.41) is 2.51. The van der Waals surface area contributed by atoms with E-state index in [9.17, 15) is 0 Å². The molecule has 0 aliphatic carbocycles. The van der Waals surface area contributed by atoms with Gasteiger partial charge in [-0.1, -0.05) is 128 Å². The van der Waals surface area contributed by atoms with Gasteiger partial charge in [0.15, 0.2) is 0 Å². The lowest BCUT2D eigenvalue weighted by Gasteiger charge is -2.19. The third-order valence-electron chi connectivity index (χ3n) is 7.67. The minimum absolute atomic E-state index is 0.883. The van der Waals surface area contributed by atoms with Crippen molar-refractivity contribution in [1.82, 2.24) is 9.55 Å². The lowest BCUT2D eigenvalue weighted by Crippen LogP contribution is -2.37. The van der Waals surface area contributed by atoms with Gasteiger partial charge >= 0.3 is 0 Å². The summed E-state index contributed by atoms with van der Waals surface area (Å²) in [5.41, 5.74) is 9.66. The Balaban J connectivity index is 1.60. The van der Waals surface area contributed by atoms with Crippen LogP contribution in [-0.2, 0) is 0 Å². The number of nitrogens with zero attached hydrogens (tertiary/aromatic N) is 2. The van der Waals surface area contributed by atoms with Crippen LogP contribution in [0.25, 0.3) is 61.3 Å². The molecule has 0 saturated heterocycles. The molecular formula is C36H30N2OSi. The van der Waals surface area contributed by atoms with Crippen molar-refractivity contribution in [2.24, 2.45) is 0 Å². The van der Waals surface area contributed by atoms with Gasteiger partial charge in [0.1, 0.15) is 17.7 Å². The van der Waals surface area contributed by atoms with E-state index in [4.69, 9.17) is 9.40 Å². The Hall–Kier alpha value is -4.67. The quantitative estimate of drug-likeness (QED) is 0.206. The van der Waals surface area contributed by atoms with Gasteiger partial charge in [-0.15, -0.1) is 0 Å². The highest BCUT2D eigenvalue weighted by atomic mass is 28.3. The van der Waals surface area contributed by atoms with Crippen LogP contribution < -0.4 is 5.19 Å². The van der Waals surface area contributed by atoms with Crippen LogP contribution in [0.4, 0.5) is 0 Å². The van der Waals surface area contributed by atoms with Gasteiger partial charge in [0.2, 0.25) is 0 Å². The molecule has 0 amide bonds. The summed E-state index contributed by atoms with van der Waals surface area (Å²) in [6, 6.07) is 42.9. The van der Waals surface area contributed by atoms with Crippen LogP contribution in [0.15, 0.2) is 132 Å². The summed E-state index contributed by atoms with van der Waals surface area (Å²) in [6.07, 6.45) is 1.88. The second-order valence-corrected chi connectivity index (χ2v) is 16.4. The van der Waals surface area contributed by atoms with Crippen molar-refractivity contribution in [3.8, 4) is 39.3 Å². The number of imidazole rings is 1. The number of benzene rings is 5. The van der Waals surface area contributed by atoms with Gasteiger partial charge in [0, 0.05) is 16.5 Å². The van der Waals surface area contributed by atoms with Gasteiger partial charge in [-0.2, -0.15) is 0 Å². The first-order valence-electron chi connectivity index (χ1n) is 13.7. The highest BCUT2D eigenvalue weighted by molar-refractivity contribution is 6.88. The number of hydrogen-bond acceptors (Lipinski definition) is 2. The summed E-state index contributed by atoms with van der Waals surface area (Å²) < 4.78 is 8.49. The topological polar surface area (TPSA) is 31.0 Å². The minimum Gasteiger partial charge on any atom is -0.464 e. The molecule has 0 unspecified atom stereocenters. The van der Waals surface area contributed by atoms with Crippen molar-refractivity contribution in [3.63, 3.8) is 0 Å². The van der Waals surface area contributed by atoms with Gasteiger partial charge in [0.05, 0.1) is 30.4 Å². The van der Waals surface area contributed by atoms with Crippen molar-refractivity contribution in [2.75, 3.05) is 0 Å². The zero-order valence-electron chi connectivity index (χ0n) is 22.9. The van der Waals surface area contributed by atoms with Crippen LogP contribution in [0, 0.1) is 0 Å². The molecule has 7 aromatic rings. The predicted molar refractivity (Wildman–Crippen MR) is 170 cm³/mol. The summed E-state index contributed by atoms with van der Waals surface area (Å²) in [5.74, 6) is 0.883. The fourth-order valence-corrected chi connectivity index (χ4v) is 6.75. The zero-order valence-corrected chi connectivity index (χ0v) is 23.9. The number of fused-ring (bicyclic) bond motifs is 2. The van der Waals surface area contributed by atoms with Crippen molar-refractivity contribution in [2.45, 2.75) is 19.6 Å². The molecule has 0 atom stereocenters.